The van der Waals surface area contributed by atoms with Crippen molar-refractivity contribution in [1.82, 2.24) is 30.6 Å². The van der Waals surface area contributed by atoms with E-state index in [1.54, 1.807) is 6.07 Å². The third-order valence-electron chi connectivity index (χ3n) is 7.57. The molecule has 2 aliphatic rings. The van der Waals surface area contributed by atoms with Crippen molar-refractivity contribution < 1.29 is 5.11 Å². The van der Waals surface area contributed by atoms with Gasteiger partial charge in [-0.15, -0.1) is 0 Å². The van der Waals surface area contributed by atoms with Crippen molar-refractivity contribution >= 4 is 37.7 Å². The van der Waals surface area contributed by atoms with Crippen LogP contribution in [0, 0.1) is 0 Å². The van der Waals surface area contributed by atoms with E-state index in [0.717, 1.165) is 37.5 Å². The fourth-order valence-corrected chi connectivity index (χ4v) is 6.18. The third kappa shape index (κ3) is 2.73. The topological polar surface area (TPSA) is 148 Å². The van der Waals surface area contributed by atoms with Crippen LogP contribution in [-0.2, 0) is 5.54 Å². The Labute approximate surface area is 207 Å². The first-order chi connectivity index (χ1) is 16.9. The average Bonchev–Trinajstić information content (AvgIpc) is 3.55. The number of hydrogen-bond acceptors (Lipinski definition) is 6. The van der Waals surface area contributed by atoms with Gasteiger partial charge in [-0.1, -0.05) is 35.0 Å². The summed E-state index contributed by atoms with van der Waals surface area (Å²) in [5.41, 5.74) is 11.1. The van der Waals surface area contributed by atoms with E-state index >= 15 is 0 Å². The lowest BCUT2D eigenvalue weighted by atomic mass is 9.78. The molecule has 0 radical (unpaired) electrons. The number of halogens is 1. The second-order valence-corrected chi connectivity index (χ2v) is 10.3. The molecule has 1 spiro atoms. The number of rotatable bonds is 1. The minimum Gasteiger partial charge on any atom is -0.506 e. The summed E-state index contributed by atoms with van der Waals surface area (Å²) in [6.45, 7) is 2.65. The van der Waals surface area contributed by atoms with Crippen molar-refractivity contribution in [2.24, 2.45) is 5.73 Å². The summed E-state index contributed by atoms with van der Waals surface area (Å²) in [5.74, 6) is 0.0819. The first-order valence-electron chi connectivity index (χ1n) is 11.4. The smallest absolute Gasteiger partial charge is 0.275 e. The molecule has 0 bridgehead atoms. The van der Waals surface area contributed by atoms with Crippen LogP contribution < -0.4 is 21.9 Å². The maximum atomic E-state index is 13.5. The van der Waals surface area contributed by atoms with E-state index in [0.29, 0.717) is 29.1 Å². The highest BCUT2D eigenvalue weighted by molar-refractivity contribution is 9.10. The quantitative estimate of drug-likeness (QED) is 0.176. The maximum absolute atomic E-state index is 13.5. The lowest BCUT2D eigenvalue weighted by Gasteiger charge is -2.35. The monoisotopic (exact) mass is 531 g/mol. The number of phenols is 1. The van der Waals surface area contributed by atoms with Gasteiger partial charge in [-0.25, -0.2) is 4.98 Å². The molecule has 3 aromatic heterocycles. The van der Waals surface area contributed by atoms with Crippen LogP contribution in [-0.4, -0.2) is 37.9 Å². The van der Waals surface area contributed by atoms with Crippen LogP contribution in [0.25, 0.3) is 44.3 Å². The Bertz CT molecular complexity index is 1740. The predicted molar refractivity (Wildman–Crippen MR) is 138 cm³/mol. The normalized spacial score (nSPS) is 23.3. The minimum atomic E-state index is -0.682. The van der Waals surface area contributed by atoms with E-state index in [2.05, 4.69) is 48.4 Å². The highest BCUT2D eigenvalue weighted by Crippen LogP contribution is 2.50. The molecule has 0 amide bonds. The molecule has 7 rings (SSSR count). The van der Waals surface area contributed by atoms with Crippen molar-refractivity contribution in [3.05, 3.63) is 68.8 Å². The van der Waals surface area contributed by atoms with Crippen LogP contribution in [0.15, 0.2) is 52.0 Å². The number of nitrogens with one attached hydrogen (secondary N) is 5. The SMILES string of the molecule is C[C@H]1c2ccc(O)c3[nH]cc(c23)-c2[nH]c(=O)c(-c3c[nH]c4cc(Br)ccc34)nc2[C@]12CNC(N)N2. The number of benzene rings is 2. The van der Waals surface area contributed by atoms with Crippen LogP contribution in [0.4, 0.5) is 0 Å². The Hall–Kier alpha value is -3.44. The van der Waals surface area contributed by atoms with E-state index in [1.807, 2.05) is 36.7 Å². The Balaban J connectivity index is 1.57. The van der Waals surface area contributed by atoms with Gasteiger partial charge < -0.3 is 25.8 Å². The summed E-state index contributed by atoms with van der Waals surface area (Å²) in [4.78, 5) is 28.2. The number of nitrogens with zero attached hydrogens (tertiary/aromatic N) is 1. The number of aromatic nitrogens is 4. The van der Waals surface area contributed by atoms with Gasteiger partial charge in [0.25, 0.3) is 5.56 Å². The van der Waals surface area contributed by atoms with Gasteiger partial charge in [-0.3, -0.25) is 15.4 Å². The zero-order valence-corrected chi connectivity index (χ0v) is 20.2. The number of nitrogens with two attached hydrogens (primary N) is 1. The van der Waals surface area contributed by atoms with Crippen LogP contribution >= 0.6 is 15.9 Å². The Morgan fingerprint density at radius 1 is 1.17 bits per heavy atom. The Morgan fingerprint density at radius 3 is 2.80 bits per heavy atom. The zero-order chi connectivity index (χ0) is 24.1. The molecule has 176 valence electrons. The largest absolute Gasteiger partial charge is 0.506 e. The fraction of sp³-hybridized carbons (Fsp3) is 0.200. The molecule has 1 saturated heterocycles. The van der Waals surface area contributed by atoms with E-state index in [9.17, 15) is 9.90 Å². The minimum absolute atomic E-state index is 0.0763. The molecule has 3 atom stereocenters. The standard InChI is InChI=1S/C25H22BrN7O2/c1-10-12-4-5-17(34)21-18(12)15(8-29-21)19-22(25(10)9-30-24(27)33-25)31-20(23(35)32-19)14-7-28-16-6-11(26)2-3-13(14)16/h2-8,10,24,28-30,33-34H,9,27H2,1H3,(H,32,35)/t10-,24?,25-/m0/s1. The number of fused-ring (bicyclic) bond motifs is 4. The summed E-state index contributed by atoms with van der Waals surface area (Å²) < 4.78 is 0.947. The number of hydrogen-bond donors (Lipinski definition) is 7. The Morgan fingerprint density at radius 2 is 2.00 bits per heavy atom. The average molecular weight is 532 g/mol. The van der Waals surface area contributed by atoms with Crippen molar-refractivity contribution in [3.8, 4) is 28.3 Å². The molecule has 2 aromatic carbocycles. The molecular formula is C25H22BrN7O2. The van der Waals surface area contributed by atoms with Crippen LogP contribution in [0.2, 0.25) is 0 Å². The second kappa shape index (κ2) is 7.05. The van der Waals surface area contributed by atoms with Crippen LogP contribution in [0.3, 0.4) is 0 Å². The summed E-state index contributed by atoms with van der Waals surface area (Å²) >= 11 is 3.50. The molecule has 10 heteroatoms. The van der Waals surface area contributed by atoms with Gasteiger partial charge in [0, 0.05) is 56.7 Å². The molecular weight excluding hydrogens is 510 g/mol. The van der Waals surface area contributed by atoms with Gasteiger partial charge in [0.2, 0.25) is 0 Å². The summed E-state index contributed by atoms with van der Waals surface area (Å²) in [5, 5.41) is 19.2. The first kappa shape index (κ1) is 20.9. The third-order valence-corrected chi connectivity index (χ3v) is 8.06. The van der Waals surface area contributed by atoms with Gasteiger partial charge in [-0.2, -0.15) is 0 Å². The second-order valence-electron chi connectivity index (χ2n) is 9.35. The molecule has 4 heterocycles. The number of phenolic OH excluding ortho intramolecular Hbond substituents is 1. The molecule has 1 fully saturated rings. The summed E-state index contributed by atoms with van der Waals surface area (Å²) in [7, 11) is 0. The molecule has 1 unspecified atom stereocenters. The molecule has 35 heavy (non-hydrogen) atoms. The molecule has 8 N–H and O–H groups in total. The molecule has 1 aliphatic carbocycles. The van der Waals surface area contributed by atoms with Crippen molar-refractivity contribution in [1.29, 1.82) is 0 Å². The van der Waals surface area contributed by atoms with Gasteiger partial charge in [0.1, 0.15) is 17.7 Å². The van der Waals surface area contributed by atoms with Crippen molar-refractivity contribution in [2.75, 3.05) is 6.54 Å². The highest BCUT2D eigenvalue weighted by atomic mass is 79.9. The zero-order valence-electron chi connectivity index (χ0n) is 18.7. The highest BCUT2D eigenvalue weighted by Gasteiger charge is 2.49. The van der Waals surface area contributed by atoms with Crippen molar-refractivity contribution in [3.63, 3.8) is 0 Å². The number of aromatic hydroxyl groups is 1. The van der Waals surface area contributed by atoms with Crippen molar-refractivity contribution in [2.45, 2.75) is 24.7 Å². The molecule has 0 saturated carbocycles. The van der Waals surface area contributed by atoms with Gasteiger partial charge in [0.05, 0.1) is 22.4 Å². The summed E-state index contributed by atoms with van der Waals surface area (Å²) in [6.07, 6.45) is 3.21. The number of aromatic amines is 3. The van der Waals surface area contributed by atoms with Crippen LogP contribution in [0.5, 0.6) is 5.75 Å². The van der Waals surface area contributed by atoms with Crippen LogP contribution in [0.1, 0.15) is 24.1 Å². The first-order valence-corrected chi connectivity index (χ1v) is 12.2. The summed E-state index contributed by atoms with van der Waals surface area (Å²) in [6, 6.07) is 9.53. The van der Waals surface area contributed by atoms with Gasteiger partial charge in [0.15, 0.2) is 0 Å². The van der Waals surface area contributed by atoms with Gasteiger partial charge >= 0.3 is 0 Å². The molecule has 5 aromatic rings. The lowest BCUT2D eigenvalue weighted by molar-refractivity contribution is 0.324. The number of H-pyrrole nitrogens is 3. The van der Waals surface area contributed by atoms with E-state index in [-0.39, 0.29) is 17.2 Å². The lowest BCUT2D eigenvalue weighted by Crippen LogP contribution is -2.50. The van der Waals surface area contributed by atoms with Gasteiger partial charge in [-0.05, 0) is 23.8 Å². The van der Waals surface area contributed by atoms with E-state index < -0.39 is 11.8 Å². The Kier molecular flexibility index (Phi) is 4.21. The van der Waals surface area contributed by atoms with E-state index in [1.165, 1.54) is 0 Å². The van der Waals surface area contributed by atoms with E-state index in [4.69, 9.17) is 10.7 Å². The molecule has 1 aliphatic heterocycles. The maximum Gasteiger partial charge on any atom is 0.275 e. The molecule has 9 nitrogen and oxygen atoms in total. The predicted octanol–water partition coefficient (Wildman–Crippen LogP) is 3.28. The fourth-order valence-electron chi connectivity index (χ4n) is 5.81.